The molecule has 1 spiro atoms. The molecule has 3 heterocycles. The van der Waals surface area contributed by atoms with Gasteiger partial charge in [0.25, 0.3) is 0 Å². The SMILES string of the molecule is O=C1[C@H]2[C@H](Cc3ccccc3)N[C@]3(C(=O)Nc4ccc(Cl)cc43)[C@@H]2C(=O)N1CCc1ccccc1. The Bertz CT molecular complexity index is 1330. The van der Waals surface area contributed by atoms with Gasteiger partial charge >= 0.3 is 0 Å². The van der Waals surface area contributed by atoms with Gasteiger partial charge in [0.15, 0.2) is 0 Å². The minimum Gasteiger partial charge on any atom is -0.324 e. The summed E-state index contributed by atoms with van der Waals surface area (Å²) < 4.78 is 0. The van der Waals surface area contributed by atoms with E-state index >= 15 is 0 Å². The summed E-state index contributed by atoms with van der Waals surface area (Å²) in [6, 6.07) is 24.4. The summed E-state index contributed by atoms with van der Waals surface area (Å²) in [7, 11) is 0. The van der Waals surface area contributed by atoms with Crippen molar-refractivity contribution in [1.82, 2.24) is 10.2 Å². The lowest BCUT2D eigenvalue weighted by Crippen LogP contribution is -2.53. The number of hydrogen-bond acceptors (Lipinski definition) is 4. The van der Waals surface area contributed by atoms with E-state index in [2.05, 4.69) is 10.6 Å². The summed E-state index contributed by atoms with van der Waals surface area (Å²) >= 11 is 6.32. The fourth-order valence-corrected chi connectivity index (χ4v) is 6.15. The lowest BCUT2D eigenvalue weighted by atomic mass is 9.76. The van der Waals surface area contributed by atoms with E-state index in [1.54, 1.807) is 18.2 Å². The summed E-state index contributed by atoms with van der Waals surface area (Å²) in [5.41, 5.74) is 2.00. The van der Waals surface area contributed by atoms with E-state index < -0.39 is 17.4 Å². The van der Waals surface area contributed by atoms with Crippen molar-refractivity contribution in [2.45, 2.75) is 24.4 Å². The molecule has 2 saturated heterocycles. The van der Waals surface area contributed by atoms with Crippen LogP contribution in [-0.2, 0) is 32.8 Å². The summed E-state index contributed by atoms with van der Waals surface area (Å²) in [6.45, 7) is 0.285. The molecule has 3 aliphatic heterocycles. The number of fused-ring (bicyclic) bond motifs is 4. The van der Waals surface area contributed by atoms with Gasteiger partial charge in [0, 0.05) is 28.9 Å². The van der Waals surface area contributed by atoms with E-state index in [9.17, 15) is 14.4 Å². The number of imide groups is 1. The molecule has 0 aromatic heterocycles. The van der Waals surface area contributed by atoms with E-state index in [-0.39, 0.29) is 30.3 Å². The molecule has 35 heavy (non-hydrogen) atoms. The lowest BCUT2D eigenvalue weighted by molar-refractivity contribution is -0.142. The second kappa shape index (κ2) is 8.33. The largest absolute Gasteiger partial charge is 0.324 e. The average molecular weight is 486 g/mol. The number of halogens is 1. The van der Waals surface area contributed by atoms with Crippen molar-refractivity contribution < 1.29 is 14.4 Å². The number of anilines is 1. The molecule has 4 atom stereocenters. The number of carbonyl (C=O) groups excluding carboxylic acids is 3. The van der Waals surface area contributed by atoms with Crippen molar-refractivity contribution in [3.8, 4) is 0 Å². The fourth-order valence-electron chi connectivity index (χ4n) is 5.98. The molecule has 0 saturated carbocycles. The molecule has 0 aliphatic carbocycles. The van der Waals surface area contributed by atoms with Gasteiger partial charge in [-0.05, 0) is 42.2 Å². The Morgan fingerprint density at radius 1 is 0.857 bits per heavy atom. The van der Waals surface area contributed by atoms with Gasteiger partial charge < -0.3 is 5.32 Å². The number of carbonyl (C=O) groups is 3. The van der Waals surface area contributed by atoms with Gasteiger partial charge in [-0.15, -0.1) is 0 Å². The number of nitrogens with zero attached hydrogens (tertiary/aromatic N) is 1. The number of amides is 3. The highest BCUT2D eigenvalue weighted by molar-refractivity contribution is 6.31. The van der Waals surface area contributed by atoms with Crippen LogP contribution in [0.5, 0.6) is 0 Å². The Morgan fingerprint density at radius 3 is 2.26 bits per heavy atom. The van der Waals surface area contributed by atoms with Crippen molar-refractivity contribution in [1.29, 1.82) is 0 Å². The number of rotatable bonds is 5. The normalized spacial score (nSPS) is 26.8. The molecule has 3 amide bonds. The van der Waals surface area contributed by atoms with Crippen molar-refractivity contribution in [3.63, 3.8) is 0 Å². The van der Waals surface area contributed by atoms with Crippen molar-refractivity contribution in [2.75, 3.05) is 11.9 Å². The monoisotopic (exact) mass is 485 g/mol. The van der Waals surface area contributed by atoms with Crippen molar-refractivity contribution >= 4 is 35.0 Å². The van der Waals surface area contributed by atoms with Gasteiger partial charge in [0.2, 0.25) is 17.7 Å². The van der Waals surface area contributed by atoms with Gasteiger partial charge in [-0.3, -0.25) is 24.6 Å². The molecule has 7 heteroatoms. The molecular weight excluding hydrogens is 462 g/mol. The van der Waals surface area contributed by atoms with Crippen LogP contribution in [0.4, 0.5) is 5.69 Å². The maximum absolute atomic E-state index is 13.9. The third kappa shape index (κ3) is 3.39. The van der Waals surface area contributed by atoms with Crippen LogP contribution < -0.4 is 10.6 Å². The second-order valence-corrected chi connectivity index (χ2v) is 9.90. The van der Waals surface area contributed by atoms with Crippen molar-refractivity contribution in [3.05, 3.63) is 101 Å². The average Bonchev–Trinajstić information content (AvgIpc) is 3.44. The van der Waals surface area contributed by atoms with Gasteiger partial charge in [-0.2, -0.15) is 0 Å². The molecule has 3 aliphatic rings. The van der Waals surface area contributed by atoms with Gasteiger partial charge in [0.05, 0.1) is 11.8 Å². The molecule has 0 bridgehead atoms. The zero-order chi connectivity index (χ0) is 24.2. The highest BCUT2D eigenvalue weighted by Gasteiger charge is 2.70. The molecule has 6 rings (SSSR count). The van der Waals surface area contributed by atoms with Gasteiger partial charge in [-0.25, -0.2) is 0 Å². The molecule has 0 unspecified atom stereocenters. The smallest absolute Gasteiger partial charge is 0.250 e. The molecule has 176 valence electrons. The summed E-state index contributed by atoms with van der Waals surface area (Å²) in [5.74, 6) is -2.31. The summed E-state index contributed by atoms with van der Waals surface area (Å²) in [4.78, 5) is 42.5. The van der Waals surface area contributed by atoms with Gasteiger partial charge in [0.1, 0.15) is 5.54 Å². The first kappa shape index (κ1) is 22.0. The van der Waals surface area contributed by atoms with E-state index in [0.717, 1.165) is 11.1 Å². The first-order valence-corrected chi connectivity index (χ1v) is 12.2. The Balaban J connectivity index is 1.41. The number of benzene rings is 3. The molecule has 3 aromatic carbocycles. The topological polar surface area (TPSA) is 78.5 Å². The Morgan fingerprint density at radius 2 is 1.54 bits per heavy atom. The third-order valence-electron chi connectivity index (χ3n) is 7.53. The van der Waals surface area contributed by atoms with Crippen molar-refractivity contribution in [2.24, 2.45) is 11.8 Å². The zero-order valence-electron chi connectivity index (χ0n) is 18.9. The summed E-state index contributed by atoms with van der Waals surface area (Å²) in [5, 5.41) is 6.86. The van der Waals surface area contributed by atoms with E-state index in [4.69, 9.17) is 11.6 Å². The van der Waals surface area contributed by atoms with E-state index in [1.807, 2.05) is 60.7 Å². The lowest BCUT2D eigenvalue weighted by Gasteiger charge is -2.29. The van der Waals surface area contributed by atoms with Crippen LogP contribution in [0.25, 0.3) is 0 Å². The quantitative estimate of drug-likeness (QED) is 0.542. The summed E-state index contributed by atoms with van der Waals surface area (Å²) in [6.07, 6.45) is 1.09. The van der Waals surface area contributed by atoms with Crippen LogP contribution in [0.3, 0.4) is 0 Å². The Labute approximate surface area is 208 Å². The number of hydrogen-bond donors (Lipinski definition) is 2. The predicted molar refractivity (Wildman–Crippen MR) is 133 cm³/mol. The van der Waals surface area contributed by atoms with Gasteiger partial charge in [-0.1, -0.05) is 72.3 Å². The standard InChI is InChI=1S/C28H24ClN3O3/c29-19-11-12-21-20(16-19)28(27(35)30-21)24-23(22(31-28)15-18-9-5-2-6-10-18)25(33)32(26(24)34)14-13-17-7-3-1-4-8-17/h1-12,16,22-24,31H,13-15H2,(H,30,35)/t22-,23-,24-,28-/m0/s1. The van der Waals surface area contributed by atoms with E-state index in [0.29, 0.717) is 29.1 Å². The van der Waals surface area contributed by atoms with Crippen LogP contribution in [0.2, 0.25) is 5.02 Å². The minimum atomic E-state index is -1.33. The molecule has 2 fully saturated rings. The number of nitrogens with one attached hydrogen (secondary N) is 2. The predicted octanol–water partition coefficient (Wildman–Crippen LogP) is 3.55. The maximum Gasteiger partial charge on any atom is 0.250 e. The molecular formula is C28H24ClN3O3. The van der Waals surface area contributed by atoms with E-state index in [1.165, 1.54) is 4.90 Å². The number of likely N-dealkylation sites (tertiary alicyclic amines) is 1. The van der Waals surface area contributed by atoms with Crippen LogP contribution in [0, 0.1) is 11.8 Å². The first-order valence-electron chi connectivity index (χ1n) is 11.8. The highest BCUT2D eigenvalue weighted by atomic mass is 35.5. The second-order valence-electron chi connectivity index (χ2n) is 9.46. The Hall–Kier alpha value is -3.48. The van der Waals surface area contributed by atoms with Crippen LogP contribution in [0.15, 0.2) is 78.9 Å². The highest BCUT2D eigenvalue weighted by Crippen LogP contribution is 2.53. The van der Waals surface area contributed by atoms with Crippen LogP contribution >= 0.6 is 11.6 Å². The third-order valence-corrected chi connectivity index (χ3v) is 7.77. The fraction of sp³-hybridized carbons (Fsp3) is 0.250. The first-order chi connectivity index (χ1) is 17.0. The molecule has 6 nitrogen and oxygen atoms in total. The molecule has 3 aromatic rings. The van der Waals surface area contributed by atoms with Crippen LogP contribution in [-0.4, -0.2) is 35.2 Å². The Kier molecular flexibility index (Phi) is 5.24. The minimum absolute atomic E-state index is 0.218. The van der Waals surface area contributed by atoms with Crippen LogP contribution in [0.1, 0.15) is 16.7 Å². The maximum atomic E-state index is 13.9. The molecule has 0 radical (unpaired) electrons. The molecule has 2 N–H and O–H groups in total. The zero-order valence-corrected chi connectivity index (χ0v) is 19.7.